The summed E-state index contributed by atoms with van der Waals surface area (Å²) >= 11 is 0. The summed E-state index contributed by atoms with van der Waals surface area (Å²) in [5.74, 6) is 0.618. The van der Waals surface area contributed by atoms with E-state index in [-0.39, 0.29) is 0 Å². The number of hydrogen-bond donors (Lipinski definition) is 2. The van der Waals surface area contributed by atoms with Crippen molar-refractivity contribution >= 4 is 22.3 Å². The molecule has 20 heavy (non-hydrogen) atoms. The van der Waals surface area contributed by atoms with Gasteiger partial charge in [-0.2, -0.15) is 4.98 Å². The SMILES string of the molecule is Cc1cc(NCCc2ncno2)c2cc(N)ccc2n1. The number of aryl methyl sites for hydroxylation is 1. The summed E-state index contributed by atoms with van der Waals surface area (Å²) in [4.78, 5) is 8.49. The molecular weight excluding hydrogens is 254 g/mol. The molecule has 0 radical (unpaired) electrons. The highest BCUT2D eigenvalue weighted by atomic mass is 16.5. The third-order valence-electron chi connectivity index (χ3n) is 3.02. The van der Waals surface area contributed by atoms with E-state index in [0.29, 0.717) is 18.9 Å². The van der Waals surface area contributed by atoms with Crippen molar-refractivity contribution in [3.8, 4) is 0 Å². The van der Waals surface area contributed by atoms with E-state index in [1.165, 1.54) is 6.33 Å². The van der Waals surface area contributed by atoms with Gasteiger partial charge in [0.1, 0.15) is 0 Å². The zero-order valence-electron chi connectivity index (χ0n) is 11.1. The molecule has 0 fully saturated rings. The minimum atomic E-state index is 0.618. The van der Waals surface area contributed by atoms with Crippen molar-refractivity contribution in [1.82, 2.24) is 15.1 Å². The number of nitrogens with zero attached hydrogens (tertiary/aromatic N) is 3. The Labute approximate surface area is 116 Å². The number of benzene rings is 1. The number of nitrogens with two attached hydrogens (primary N) is 1. The highest BCUT2D eigenvalue weighted by Crippen LogP contribution is 2.25. The summed E-state index contributed by atoms with van der Waals surface area (Å²) in [6.07, 6.45) is 2.08. The molecule has 3 N–H and O–H groups in total. The molecule has 0 spiro atoms. The lowest BCUT2D eigenvalue weighted by molar-refractivity contribution is 0.380. The second-order valence-electron chi connectivity index (χ2n) is 4.60. The quantitative estimate of drug-likeness (QED) is 0.705. The molecule has 0 amide bonds. The summed E-state index contributed by atoms with van der Waals surface area (Å²) in [7, 11) is 0. The van der Waals surface area contributed by atoms with Gasteiger partial charge in [0.25, 0.3) is 0 Å². The number of nitrogens with one attached hydrogen (secondary N) is 1. The number of fused-ring (bicyclic) bond motifs is 1. The lowest BCUT2D eigenvalue weighted by Crippen LogP contribution is -2.06. The molecule has 3 aromatic rings. The Morgan fingerprint density at radius 2 is 2.20 bits per heavy atom. The second-order valence-corrected chi connectivity index (χ2v) is 4.60. The predicted octanol–water partition coefficient (Wildman–Crippen LogP) is 2.16. The summed E-state index contributed by atoms with van der Waals surface area (Å²) in [6.45, 7) is 2.68. The van der Waals surface area contributed by atoms with Crippen molar-refractivity contribution < 1.29 is 4.52 Å². The van der Waals surface area contributed by atoms with Gasteiger partial charge in [-0.1, -0.05) is 5.16 Å². The predicted molar refractivity (Wildman–Crippen MR) is 77.4 cm³/mol. The molecule has 0 aliphatic heterocycles. The highest BCUT2D eigenvalue weighted by molar-refractivity contribution is 5.93. The molecular formula is C14H15N5O. The van der Waals surface area contributed by atoms with E-state index >= 15 is 0 Å². The van der Waals surface area contributed by atoms with Crippen molar-refractivity contribution in [3.63, 3.8) is 0 Å². The van der Waals surface area contributed by atoms with Crippen LogP contribution in [0.5, 0.6) is 0 Å². The minimum absolute atomic E-state index is 0.618. The van der Waals surface area contributed by atoms with Gasteiger partial charge in [-0.05, 0) is 31.2 Å². The van der Waals surface area contributed by atoms with E-state index < -0.39 is 0 Å². The third kappa shape index (κ3) is 2.54. The molecule has 0 atom stereocenters. The van der Waals surface area contributed by atoms with Gasteiger partial charge in [0.15, 0.2) is 6.33 Å². The van der Waals surface area contributed by atoms with Gasteiger partial charge in [0.2, 0.25) is 5.89 Å². The Morgan fingerprint density at radius 3 is 3.00 bits per heavy atom. The maximum atomic E-state index is 5.85. The van der Waals surface area contributed by atoms with Crippen molar-refractivity contribution in [2.75, 3.05) is 17.6 Å². The van der Waals surface area contributed by atoms with Crippen LogP contribution in [0.2, 0.25) is 0 Å². The van der Waals surface area contributed by atoms with Gasteiger partial charge in [-0.3, -0.25) is 4.98 Å². The summed E-state index contributed by atoms with van der Waals surface area (Å²) < 4.78 is 4.97. The second kappa shape index (κ2) is 5.16. The van der Waals surface area contributed by atoms with Crippen molar-refractivity contribution in [2.24, 2.45) is 0 Å². The first-order chi connectivity index (χ1) is 9.72. The molecule has 0 bridgehead atoms. The first-order valence-corrected chi connectivity index (χ1v) is 6.39. The van der Waals surface area contributed by atoms with E-state index in [9.17, 15) is 0 Å². The topological polar surface area (TPSA) is 89.9 Å². The minimum Gasteiger partial charge on any atom is -0.399 e. The number of rotatable bonds is 4. The van der Waals surface area contributed by atoms with Crippen molar-refractivity contribution in [1.29, 1.82) is 0 Å². The van der Waals surface area contributed by atoms with Crippen LogP contribution in [0.4, 0.5) is 11.4 Å². The smallest absolute Gasteiger partial charge is 0.228 e. The molecule has 0 saturated carbocycles. The summed E-state index contributed by atoms with van der Waals surface area (Å²) in [6, 6.07) is 7.73. The van der Waals surface area contributed by atoms with E-state index in [0.717, 1.165) is 28.0 Å². The Morgan fingerprint density at radius 1 is 1.30 bits per heavy atom. The van der Waals surface area contributed by atoms with Gasteiger partial charge < -0.3 is 15.6 Å². The average Bonchev–Trinajstić information content (AvgIpc) is 2.92. The van der Waals surface area contributed by atoms with Gasteiger partial charge in [-0.15, -0.1) is 0 Å². The normalized spacial score (nSPS) is 10.8. The first-order valence-electron chi connectivity index (χ1n) is 6.39. The maximum Gasteiger partial charge on any atom is 0.228 e. The largest absolute Gasteiger partial charge is 0.399 e. The molecule has 0 aliphatic carbocycles. The Hall–Kier alpha value is -2.63. The van der Waals surface area contributed by atoms with Crippen LogP contribution >= 0.6 is 0 Å². The molecule has 0 unspecified atom stereocenters. The average molecular weight is 269 g/mol. The number of nitrogen functional groups attached to an aromatic ring is 1. The van der Waals surface area contributed by atoms with Crippen LogP contribution in [0.15, 0.2) is 35.1 Å². The number of anilines is 2. The number of pyridine rings is 1. The molecule has 3 rings (SSSR count). The standard InChI is InChI=1S/C14H15N5O/c1-9-6-13(16-5-4-14-17-8-18-20-14)11-7-10(15)2-3-12(11)19-9/h2-3,6-8H,4-5,15H2,1H3,(H,16,19). The molecule has 0 aliphatic rings. The van der Waals surface area contributed by atoms with Crippen LogP contribution < -0.4 is 11.1 Å². The van der Waals surface area contributed by atoms with Gasteiger partial charge in [0.05, 0.1) is 5.52 Å². The van der Waals surface area contributed by atoms with E-state index in [2.05, 4.69) is 20.4 Å². The molecule has 0 saturated heterocycles. The fourth-order valence-electron chi connectivity index (χ4n) is 2.13. The van der Waals surface area contributed by atoms with E-state index in [1.807, 2.05) is 31.2 Å². The molecule has 2 heterocycles. The van der Waals surface area contributed by atoms with E-state index in [1.54, 1.807) is 0 Å². The van der Waals surface area contributed by atoms with Crippen LogP contribution in [0.3, 0.4) is 0 Å². The zero-order valence-corrected chi connectivity index (χ0v) is 11.1. The monoisotopic (exact) mass is 269 g/mol. The molecule has 6 heteroatoms. The van der Waals surface area contributed by atoms with Crippen LogP contribution in [-0.4, -0.2) is 21.7 Å². The molecule has 102 valence electrons. The van der Waals surface area contributed by atoms with Crippen LogP contribution in [0.25, 0.3) is 10.9 Å². The maximum absolute atomic E-state index is 5.85. The fourth-order valence-corrected chi connectivity index (χ4v) is 2.13. The highest BCUT2D eigenvalue weighted by Gasteiger charge is 2.05. The summed E-state index contributed by atoms with van der Waals surface area (Å²) in [5.41, 5.74) is 9.48. The first kappa shape index (κ1) is 12.4. The third-order valence-corrected chi connectivity index (χ3v) is 3.02. The van der Waals surface area contributed by atoms with E-state index in [4.69, 9.17) is 10.3 Å². The molecule has 6 nitrogen and oxygen atoms in total. The fraction of sp³-hybridized carbons (Fsp3) is 0.214. The van der Waals surface area contributed by atoms with Gasteiger partial charge in [-0.25, -0.2) is 0 Å². The zero-order chi connectivity index (χ0) is 13.9. The van der Waals surface area contributed by atoms with Crippen molar-refractivity contribution in [2.45, 2.75) is 13.3 Å². The Kier molecular flexibility index (Phi) is 3.20. The van der Waals surface area contributed by atoms with Crippen molar-refractivity contribution in [3.05, 3.63) is 42.2 Å². The summed E-state index contributed by atoms with van der Waals surface area (Å²) in [5, 5.41) is 7.97. The molecule has 1 aromatic carbocycles. The Bertz CT molecular complexity index is 724. The number of aromatic nitrogens is 3. The van der Waals surface area contributed by atoms with Crippen LogP contribution in [0, 0.1) is 6.92 Å². The lowest BCUT2D eigenvalue weighted by atomic mass is 10.1. The molecule has 2 aromatic heterocycles. The van der Waals surface area contributed by atoms with Gasteiger partial charge in [0, 0.05) is 35.4 Å². The van der Waals surface area contributed by atoms with Crippen LogP contribution in [-0.2, 0) is 6.42 Å². The van der Waals surface area contributed by atoms with Gasteiger partial charge >= 0.3 is 0 Å². The van der Waals surface area contributed by atoms with Crippen LogP contribution in [0.1, 0.15) is 11.6 Å². The number of hydrogen-bond acceptors (Lipinski definition) is 6. The Balaban J connectivity index is 1.84. The lowest BCUT2D eigenvalue weighted by Gasteiger charge is -2.10.